The number of nitrogens with zero attached hydrogens (tertiary/aromatic N) is 3. The minimum absolute atomic E-state index is 0.321. The summed E-state index contributed by atoms with van der Waals surface area (Å²) in [5.74, 6) is -2.16. The number of carboxylic acids is 1. The zero-order valence-corrected chi connectivity index (χ0v) is 10.2. The second-order valence-corrected chi connectivity index (χ2v) is 4.47. The van der Waals surface area contributed by atoms with Crippen LogP contribution in [0.25, 0.3) is 0 Å². The molecule has 1 aromatic heterocycles. The minimum atomic E-state index is -1.35. The van der Waals surface area contributed by atoms with Crippen LogP contribution in [0.3, 0.4) is 0 Å². The molecule has 2 rings (SSSR count). The molecule has 5 nitrogen and oxygen atoms in total. The molecule has 0 atom stereocenters. The fourth-order valence-electron chi connectivity index (χ4n) is 1.32. The molecule has 19 heavy (non-hydrogen) atoms. The number of carbonyl (C=O) groups is 1. The van der Waals surface area contributed by atoms with Crippen molar-refractivity contribution in [3.8, 4) is 6.07 Å². The topological polar surface area (TPSA) is 86.9 Å². The highest BCUT2D eigenvalue weighted by molar-refractivity contribution is 7.99. The monoisotopic (exact) mass is 275 g/mol. The highest BCUT2D eigenvalue weighted by Crippen LogP contribution is 2.29. The van der Waals surface area contributed by atoms with E-state index in [1.165, 1.54) is 24.4 Å². The fraction of sp³-hybridized carbons (Fsp3) is 0. The first-order chi connectivity index (χ1) is 9.11. The molecule has 2 aromatic rings. The zero-order chi connectivity index (χ0) is 13.8. The van der Waals surface area contributed by atoms with Crippen molar-refractivity contribution in [2.75, 3.05) is 0 Å². The molecule has 1 heterocycles. The first-order valence-corrected chi connectivity index (χ1v) is 5.86. The summed E-state index contributed by atoms with van der Waals surface area (Å²) in [5.41, 5.74) is -0.103. The summed E-state index contributed by atoms with van der Waals surface area (Å²) in [6.07, 6.45) is 1.38. The molecule has 1 aromatic carbocycles. The molecule has 1 N–H and O–H groups in total. The number of carboxylic acid groups (broad SMARTS) is 1. The quantitative estimate of drug-likeness (QED) is 0.925. The van der Waals surface area contributed by atoms with Gasteiger partial charge in [-0.2, -0.15) is 10.4 Å². The predicted octanol–water partition coefficient (Wildman–Crippen LogP) is 2.34. The summed E-state index contributed by atoms with van der Waals surface area (Å²) in [5, 5.41) is 25.5. The van der Waals surface area contributed by atoms with E-state index in [-0.39, 0.29) is 0 Å². The number of aromatic carboxylic acids is 1. The highest BCUT2D eigenvalue weighted by atomic mass is 32.2. The van der Waals surface area contributed by atoms with Gasteiger partial charge in [-0.1, -0.05) is 11.8 Å². The molecule has 0 aliphatic rings. The van der Waals surface area contributed by atoms with Gasteiger partial charge >= 0.3 is 5.97 Å². The van der Waals surface area contributed by atoms with Gasteiger partial charge in [0, 0.05) is 4.90 Å². The van der Waals surface area contributed by atoms with Crippen molar-refractivity contribution in [3.63, 3.8) is 0 Å². The molecule has 0 saturated heterocycles. The third kappa shape index (κ3) is 2.86. The molecule has 0 fully saturated rings. The fourth-order valence-corrected chi connectivity index (χ4v) is 2.17. The van der Waals surface area contributed by atoms with E-state index in [1.807, 2.05) is 6.07 Å². The molecule has 0 saturated carbocycles. The van der Waals surface area contributed by atoms with Crippen LogP contribution in [-0.2, 0) is 0 Å². The number of halogens is 1. The van der Waals surface area contributed by atoms with Crippen LogP contribution in [0.4, 0.5) is 4.39 Å². The number of nitriles is 1. The Kier molecular flexibility index (Phi) is 3.73. The van der Waals surface area contributed by atoms with Crippen molar-refractivity contribution in [3.05, 3.63) is 47.4 Å². The largest absolute Gasteiger partial charge is 0.478 e. The Hall–Kier alpha value is -2.46. The average Bonchev–Trinajstić information content (AvgIpc) is 2.41. The molecule has 0 aliphatic carbocycles. The summed E-state index contributed by atoms with van der Waals surface area (Å²) in [4.78, 5) is 11.3. The maximum atomic E-state index is 13.2. The van der Waals surface area contributed by atoms with E-state index >= 15 is 0 Å². The Morgan fingerprint density at radius 3 is 2.89 bits per heavy atom. The summed E-state index contributed by atoms with van der Waals surface area (Å²) < 4.78 is 13.2. The maximum absolute atomic E-state index is 13.2. The van der Waals surface area contributed by atoms with Crippen molar-refractivity contribution in [1.82, 2.24) is 10.2 Å². The lowest BCUT2D eigenvalue weighted by Gasteiger charge is -2.03. The SMILES string of the molecule is N#Cc1ccnnc1Sc1ccc(F)c(C(=O)O)c1. The predicted molar refractivity (Wildman–Crippen MR) is 64.2 cm³/mol. The summed E-state index contributed by atoms with van der Waals surface area (Å²) >= 11 is 1.05. The summed E-state index contributed by atoms with van der Waals surface area (Å²) in [6, 6.07) is 7.12. The molecule has 0 amide bonds. The third-order valence-electron chi connectivity index (χ3n) is 2.19. The van der Waals surface area contributed by atoms with Gasteiger partial charge in [-0.25, -0.2) is 9.18 Å². The van der Waals surface area contributed by atoms with E-state index in [2.05, 4.69) is 10.2 Å². The van der Waals surface area contributed by atoms with Gasteiger partial charge in [0.05, 0.1) is 17.3 Å². The Morgan fingerprint density at radius 2 is 2.21 bits per heavy atom. The van der Waals surface area contributed by atoms with Crippen molar-refractivity contribution in [2.24, 2.45) is 0 Å². The van der Waals surface area contributed by atoms with Gasteiger partial charge in [0.25, 0.3) is 0 Å². The van der Waals surface area contributed by atoms with E-state index in [4.69, 9.17) is 10.4 Å². The van der Waals surface area contributed by atoms with Gasteiger partial charge in [-0.3, -0.25) is 0 Å². The molecule has 0 bridgehead atoms. The lowest BCUT2D eigenvalue weighted by Crippen LogP contribution is -2.00. The smallest absolute Gasteiger partial charge is 0.338 e. The molecular formula is C12H6FN3O2S. The zero-order valence-electron chi connectivity index (χ0n) is 9.37. The molecule has 7 heteroatoms. The van der Waals surface area contributed by atoms with E-state index in [1.54, 1.807) is 0 Å². The van der Waals surface area contributed by atoms with Crippen LogP contribution in [0, 0.1) is 17.1 Å². The summed E-state index contributed by atoms with van der Waals surface area (Å²) in [6.45, 7) is 0. The van der Waals surface area contributed by atoms with Gasteiger partial charge in [-0.05, 0) is 24.3 Å². The van der Waals surface area contributed by atoms with Crippen molar-refractivity contribution >= 4 is 17.7 Å². The maximum Gasteiger partial charge on any atom is 0.338 e. The Labute approximate surface area is 111 Å². The van der Waals surface area contributed by atoms with Crippen LogP contribution in [-0.4, -0.2) is 21.3 Å². The summed E-state index contributed by atoms with van der Waals surface area (Å²) in [7, 11) is 0. The van der Waals surface area contributed by atoms with Crippen LogP contribution in [0.15, 0.2) is 40.4 Å². The minimum Gasteiger partial charge on any atom is -0.478 e. The lowest BCUT2D eigenvalue weighted by molar-refractivity contribution is 0.0691. The molecule has 0 spiro atoms. The highest BCUT2D eigenvalue weighted by Gasteiger charge is 2.13. The molecule has 94 valence electrons. The molecule has 0 unspecified atom stereocenters. The van der Waals surface area contributed by atoms with Crippen molar-refractivity contribution in [1.29, 1.82) is 5.26 Å². The van der Waals surface area contributed by atoms with Gasteiger partial charge in [-0.15, -0.1) is 5.10 Å². The standard InChI is InChI=1S/C12H6FN3O2S/c13-10-2-1-8(5-9(10)12(17)18)19-11-7(6-14)3-4-15-16-11/h1-5H,(H,17,18). The van der Waals surface area contributed by atoms with Gasteiger partial charge in [0.2, 0.25) is 0 Å². The lowest BCUT2D eigenvalue weighted by atomic mass is 10.2. The molecule has 0 aliphatic heterocycles. The van der Waals surface area contributed by atoms with Gasteiger partial charge in [0.15, 0.2) is 0 Å². The van der Waals surface area contributed by atoms with Gasteiger partial charge in [0.1, 0.15) is 16.9 Å². The number of hydrogen-bond donors (Lipinski definition) is 1. The first-order valence-electron chi connectivity index (χ1n) is 5.04. The van der Waals surface area contributed by atoms with Gasteiger partial charge < -0.3 is 5.11 Å². The number of benzene rings is 1. The van der Waals surface area contributed by atoms with Crippen molar-refractivity contribution in [2.45, 2.75) is 9.92 Å². The van der Waals surface area contributed by atoms with Crippen molar-refractivity contribution < 1.29 is 14.3 Å². The molecule has 0 radical (unpaired) electrons. The number of hydrogen-bond acceptors (Lipinski definition) is 5. The number of rotatable bonds is 3. The Bertz CT molecular complexity index is 685. The van der Waals surface area contributed by atoms with E-state index in [0.29, 0.717) is 15.5 Å². The molecular weight excluding hydrogens is 269 g/mol. The van der Waals surface area contributed by atoms with Crippen LogP contribution in [0.2, 0.25) is 0 Å². The number of aromatic nitrogens is 2. The van der Waals surface area contributed by atoms with E-state index in [9.17, 15) is 9.18 Å². The van der Waals surface area contributed by atoms with E-state index < -0.39 is 17.3 Å². The third-order valence-corrected chi connectivity index (χ3v) is 3.17. The normalized spacial score (nSPS) is 9.89. The Morgan fingerprint density at radius 1 is 1.42 bits per heavy atom. The van der Waals surface area contributed by atoms with E-state index in [0.717, 1.165) is 17.8 Å². The Balaban J connectivity index is 2.37. The second kappa shape index (κ2) is 5.46. The van der Waals surface area contributed by atoms with Crippen LogP contribution < -0.4 is 0 Å². The van der Waals surface area contributed by atoms with Crippen LogP contribution in [0.5, 0.6) is 0 Å². The van der Waals surface area contributed by atoms with Crippen LogP contribution >= 0.6 is 11.8 Å². The average molecular weight is 275 g/mol. The first kappa shape index (κ1) is 13.0. The second-order valence-electron chi connectivity index (χ2n) is 3.41. The van der Waals surface area contributed by atoms with Crippen LogP contribution in [0.1, 0.15) is 15.9 Å².